The van der Waals surface area contributed by atoms with Crippen molar-refractivity contribution < 1.29 is 0 Å². The molecule has 0 spiro atoms. The zero-order chi connectivity index (χ0) is 11.4. The second kappa shape index (κ2) is 5.32. The van der Waals surface area contributed by atoms with Crippen molar-refractivity contribution in [2.24, 2.45) is 0 Å². The molecule has 2 atom stereocenters. The molecule has 1 aromatic carbocycles. The zero-order valence-corrected chi connectivity index (χ0v) is 10.6. The Labute approximate surface area is 93.9 Å². The Hall–Kier alpha value is -0.820. The van der Waals surface area contributed by atoms with E-state index in [2.05, 4.69) is 51.2 Å². The molecule has 1 nitrogen and oxygen atoms in total. The van der Waals surface area contributed by atoms with Gasteiger partial charge in [-0.05, 0) is 45.7 Å². The summed E-state index contributed by atoms with van der Waals surface area (Å²) in [7, 11) is 2.03. The van der Waals surface area contributed by atoms with Gasteiger partial charge in [0.1, 0.15) is 0 Å². The van der Waals surface area contributed by atoms with E-state index in [-0.39, 0.29) is 0 Å². The molecule has 0 bridgehead atoms. The summed E-state index contributed by atoms with van der Waals surface area (Å²) in [5, 5.41) is 3.29. The summed E-state index contributed by atoms with van der Waals surface area (Å²) in [6.07, 6.45) is 1.19. The van der Waals surface area contributed by atoms with Gasteiger partial charge in [-0.1, -0.05) is 36.2 Å². The molecule has 15 heavy (non-hydrogen) atoms. The van der Waals surface area contributed by atoms with Crippen molar-refractivity contribution in [1.29, 1.82) is 0 Å². The predicted molar refractivity (Wildman–Crippen MR) is 67.5 cm³/mol. The normalized spacial score (nSPS) is 15.0. The van der Waals surface area contributed by atoms with Crippen LogP contribution in [0.25, 0.3) is 0 Å². The van der Waals surface area contributed by atoms with E-state index in [1.54, 1.807) is 0 Å². The first kappa shape index (κ1) is 12.3. The number of nitrogens with one attached hydrogen (secondary N) is 1. The first-order valence-electron chi connectivity index (χ1n) is 5.78. The van der Waals surface area contributed by atoms with E-state index in [9.17, 15) is 0 Å². The SMILES string of the molecule is CNC(C)CC(C)c1cc(C)cc(C)c1. The van der Waals surface area contributed by atoms with Crippen LogP contribution in [0.5, 0.6) is 0 Å². The van der Waals surface area contributed by atoms with Gasteiger partial charge in [0.15, 0.2) is 0 Å². The molecule has 0 aliphatic rings. The van der Waals surface area contributed by atoms with Crippen LogP contribution in [0.3, 0.4) is 0 Å². The van der Waals surface area contributed by atoms with Gasteiger partial charge in [0.05, 0.1) is 0 Å². The van der Waals surface area contributed by atoms with Crippen LogP contribution < -0.4 is 5.32 Å². The molecule has 0 saturated carbocycles. The lowest BCUT2D eigenvalue weighted by atomic mass is 9.92. The van der Waals surface area contributed by atoms with Gasteiger partial charge in [0.2, 0.25) is 0 Å². The van der Waals surface area contributed by atoms with Crippen molar-refractivity contribution in [2.45, 2.75) is 46.1 Å². The van der Waals surface area contributed by atoms with Gasteiger partial charge in [0, 0.05) is 6.04 Å². The van der Waals surface area contributed by atoms with E-state index in [0.29, 0.717) is 12.0 Å². The number of rotatable bonds is 4. The third kappa shape index (κ3) is 3.67. The summed E-state index contributed by atoms with van der Waals surface area (Å²) < 4.78 is 0. The molecular weight excluding hydrogens is 182 g/mol. The van der Waals surface area contributed by atoms with Gasteiger partial charge in [-0.15, -0.1) is 0 Å². The van der Waals surface area contributed by atoms with Gasteiger partial charge in [-0.25, -0.2) is 0 Å². The highest BCUT2D eigenvalue weighted by molar-refractivity contribution is 5.30. The standard InChI is InChI=1S/C14H23N/c1-10-6-11(2)8-14(7-10)12(3)9-13(4)15-5/h6-8,12-13,15H,9H2,1-5H3. The average molecular weight is 205 g/mol. The molecule has 0 saturated heterocycles. The van der Waals surface area contributed by atoms with Crippen LogP contribution in [0.15, 0.2) is 18.2 Å². The maximum atomic E-state index is 3.29. The summed E-state index contributed by atoms with van der Waals surface area (Å²) in [6.45, 7) is 8.89. The summed E-state index contributed by atoms with van der Waals surface area (Å²) in [5.74, 6) is 0.631. The molecule has 0 heterocycles. The Morgan fingerprint density at radius 2 is 1.60 bits per heavy atom. The average Bonchev–Trinajstić information content (AvgIpc) is 2.16. The Bertz CT molecular complexity index is 297. The Morgan fingerprint density at radius 1 is 1.07 bits per heavy atom. The quantitative estimate of drug-likeness (QED) is 0.794. The number of hydrogen-bond acceptors (Lipinski definition) is 1. The molecule has 0 fully saturated rings. The lowest BCUT2D eigenvalue weighted by Gasteiger charge is -2.18. The fourth-order valence-corrected chi connectivity index (χ4v) is 2.08. The van der Waals surface area contributed by atoms with Crippen LogP contribution in [0.2, 0.25) is 0 Å². The lowest BCUT2D eigenvalue weighted by Crippen LogP contribution is -2.22. The molecule has 2 unspecified atom stereocenters. The summed E-state index contributed by atoms with van der Waals surface area (Å²) >= 11 is 0. The van der Waals surface area contributed by atoms with Crippen LogP contribution in [0, 0.1) is 13.8 Å². The Morgan fingerprint density at radius 3 is 2.07 bits per heavy atom. The lowest BCUT2D eigenvalue weighted by molar-refractivity contribution is 0.516. The monoisotopic (exact) mass is 205 g/mol. The third-order valence-electron chi connectivity index (χ3n) is 3.01. The van der Waals surface area contributed by atoms with E-state index in [1.165, 1.54) is 23.1 Å². The molecule has 0 aliphatic heterocycles. The molecule has 0 amide bonds. The number of benzene rings is 1. The van der Waals surface area contributed by atoms with Crippen molar-refractivity contribution in [3.63, 3.8) is 0 Å². The predicted octanol–water partition coefficient (Wildman–Crippen LogP) is 3.40. The van der Waals surface area contributed by atoms with Crippen molar-refractivity contribution in [3.05, 3.63) is 34.9 Å². The Kier molecular flexibility index (Phi) is 4.34. The second-order valence-corrected chi connectivity index (χ2v) is 4.75. The fraction of sp³-hybridized carbons (Fsp3) is 0.571. The summed E-state index contributed by atoms with van der Waals surface area (Å²) in [6, 6.07) is 7.43. The molecule has 1 rings (SSSR count). The molecule has 1 aromatic rings. The summed E-state index contributed by atoms with van der Waals surface area (Å²) in [4.78, 5) is 0. The van der Waals surface area contributed by atoms with Crippen molar-refractivity contribution in [3.8, 4) is 0 Å². The molecular formula is C14H23N. The highest BCUT2D eigenvalue weighted by Crippen LogP contribution is 2.22. The van der Waals surface area contributed by atoms with Gasteiger partial charge in [-0.3, -0.25) is 0 Å². The molecule has 0 aromatic heterocycles. The van der Waals surface area contributed by atoms with E-state index in [1.807, 2.05) is 7.05 Å². The number of hydrogen-bond donors (Lipinski definition) is 1. The fourth-order valence-electron chi connectivity index (χ4n) is 2.08. The van der Waals surface area contributed by atoms with E-state index < -0.39 is 0 Å². The largest absolute Gasteiger partial charge is 0.317 e. The Balaban J connectivity index is 2.77. The maximum Gasteiger partial charge on any atom is 0.00414 e. The topological polar surface area (TPSA) is 12.0 Å². The van der Waals surface area contributed by atoms with Crippen LogP contribution in [0.4, 0.5) is 0 Å². The van der Waals surface area contributed by atoms with Crippen LogP contribution >= 0.6 is 0 Å². The van der Waals surface area contributed by atoms with Crippen LogP contribution in [-0.2, 0) is 0 Å². The maximum absolute atomic E-state index is 3.29. The molecule has 0 aliphatic carbocycles. The van der Waals surface area contributed by atoms with Crippen LogP contribution in [-0.4, -0.2) is 13.1 Å². The first-order valence-corrected chi connectivity index (χ1v) is 5.78. The number of aryl methyl sites for hydroxylation is 2. The highest BCUT2D eigenvalue weighted by Gasteiger charge is 2.09. The molecule has 0 radical (unpaired) electrons. The zero-order valence-electron chi connectivity index (χ0n) is 10.6. The third-order valence-corrected chi connectivity index (χ3v) is 3.01. The molecule has 1 heteroatoms. The van der Waals surface area contributed by atoms with E-state index >= 15 is 0 Å². The minimum Gasteiger partial charge on any atom is -0.317 e. The van der Waals surface area contributed by atoms with Gasteiger partial charge >= 0.3 is 0 Å². The van der Waals surface area contributed by atoms with Gasteiger partial charge in [-0.2, -0.15) is 0 Å². The van der Waals surface area contributed by atoms with Crippen molar-refractivity contribution in [1.82, 2.24) is 5.32 Å². The minimum absolute atomic E-state index is 0.584. The first-order chi connectivity index (χ1) is 7.02. The molecule has 84 valence electrons. The second-order valence-electron chi connectivity index (χ2n) is 4.75. The van der Waals surface area contributed by atoms with E-state index in [4.69, 9.17) is 0 Å². The van der Waals surface area contributed by atoms with Crippen molar-refractivity contribution >= 4 is 0 Å². The van der Waals surface area contributed by atoms with E-state index in [0.717, 1.165) is 0 Å². The summed E-state index contributed by atoms with van der Waals surface area (Å²) in [5.41, 5.74) is 4.21. The van der Waals surface area contributed by atoms with Gasteiger partial charge < -0.3 is 5.32 Å². The highest BCUT2D eigenvalue weighted by atomic mass is 14.8. The smallest absolute Gasteiger partial charge is 0.00414 e. The minimum atomic E-state index is 0.584. The van der Waals surface area contributed by atoms with Crippen molar-refractivity contribution in [2.75, 3.05) is 7.05 Å². The van der Waals surface area contributed by atoms with Gasteiger partial charge in [0.25, 0.3) is 0 Å². The van der Waals surface area contributed by atoms with Crippen LogP contribution in [0.1, 0.15) is 42.9 Å². The molecule has 1 N–H and O–H groups in total.